The smallest absolute Gasteiger partial charge is 0.265 e. The topological polar surface area (TPSA) is 174 Å². The van der Waals surface area contributed by atoms with Gasteiger partial charge in [0.15, 0.2) is 0 Å². The molecule has 3 aromatic rings. The van der Waals surface area contributed by atoms with Gasteiger partial charge in [-0.15, -0.1) is 11.3 Å². The van der Waals surface area contributed by atoms with Gasteiger partial charge >= 0.3 is 0 Å². The van der Waals surface area contributed by atoms with Crippen molar-refractivity contribution >= 4 is 46.6 Å². The molecule has 3 aromatic heterocycles. The van der Waals surface area contributed by atoms with Gasteiger partial charge in [0, 0.05) is 67.9 Å². The minimum Gasteiger partial charge on any atom is -0.378 e. The van der Waals surface area contributed by atoms with E-state index in [1.54, 1.807) is 11.1 Å². The Balaban J connectivity index is 0.674. The standard InChI is InChI=1S/C38H52ClN9O6S/c1-47-32(18-24-2-3-24)29(21-43-47)34-30(39)22-42-38(46-34)44-27-6-4-26(5-7-27)41-11-13-53-15-17-54-16-14-52-12-10-40-20-28-19-25-23-48(37(51)35(25)55-28)31-8-9-33(49)45-36(31)50/h19,21-22,24,26-27,31,40-41H,2-18,20,23H2,1H3,(H,42,44,46)(H,45,49,50). The van der Waals surface area contributed by atoms with Gasteiger partial charge in [0.05, 0.1) is 67.6 Å². The summed E-state index contributed by atoms with van der Waals surface area (Å²) in [4.78, 5) is 49.2. The predicted molar refractivity (Wildman–Crippen MR) is 208 cm³/mol. The maximum Gasteiger partial charge on any atom is 0.265 e. The number of carbonyl (C=O) groups excluding carboxylic acids is 3. The number of amides is 3. The molecule has 2 aliphatic heterocycles. The molecule has 0 radical (unpaired) electrons. The Morgan fingerprint density at radius 2 is 1.65 bits per heavy atom. The number of anilines is 1. The van der Waals surface area contributed by atoms with Crippen LogP contribution in [0.15, 0.2) is 18.5 Å². The lowest BCUT2D eigenvalue weighted by Crippen LogP contribution is -2.52. The summed E-state index contributed by atoms with van der Waals surface area (Å²) in [5.74, 6) is 0.562. The van der Waals surface area contributed by atoms with Crippen molar-refractivity contribution in [1.82, 2.24) is 40.6 Å². The van der Waals surface area contributed by atoms with Crippen LogP contribution in [0, 0.1) is 5.92 Å². The first-order valence-electron chi connectivity index (χ1n) is 19.6. The number of rotatable bonds is 21. The SMILES string of the molecule is Cn1ncc(-c2nc(NC3CCC(NCCOCCOCCOCCNCc4cc5c(s4)C(=O)N(C4CCC(=O)NC4=O)C5)CC3)ncc2Cl)c1CC1CC1. The second kappa shape index (κ2) is 19.1. The second-order valence-corrected chi connectivity index (χ2v) is 16.3. The van der Waals surface area contributed by atoms with Gasteiger partial charge in [-0.1, -0.05) is 11.6 Å². The summed E-state index contributed by atoms with van der Waals surface area (Å²) >= 11 is 8.01. The molecule has 7 rings (SSSR count). The molecule has 0 bridgehead atoms. The average molecular weight is 798 g/mol. The lowest BCUT2D eigenvalue weighted by Gasteiger charge is -2.29. The Bertz CT molecular complexity index is 1790. The number of aromatic nitrogens is 4. The highest BCUT2D eigenvalue weighted by molar-refractivity contribution is 7.14. The monoisotopic (exact) mass is 797 g/mol. The summed E-state index contributed by atoms with van der Waals surface area (Å²) in [6.45, 7) is 5.82. The molecule has 0 spiro atoms. The third kappa shape index (κ3) is 10.7. The fourth-order valence-corrected chi connectivity index (χ4v) is 8.76. The van der Waals surface area contributed by atoms with Crippen molar-refractivity contribution in [3.05, 3.63) is 44.5 Å². The zero-order valence-corrected chi connectivity index (χ0v) is 33.0. The number of aryl methyl sites for hydroxylation is 1. The number of imide groups is 1. The summed E-state index contributed by atoms with van der Waals surface area (Å²) in [6, 6.07) is 2.24. The van der Waals surface area contributed by atoms with E-state index in [2.05, 4.69) is 31.3 Å². The van der Waals surface area contributed by atoms with Crippen molar-refractivity contribution in [1.29, 1.82) is 0 Å². The van der Waals surface area contributed by atoms with Crippen LogP contribution in [0.25, 0.3) is 11.3 Å². The van der Waals surface area contributed by atoms with E-state index < -0.39 is 6.04 Å². The van der Waals surface area contributed by atoms with Gasteiger partial charge in [-0.3, -0.25) is 24.4 Å². The van der Waals surface area contributed by atoms with Crippen molar-refractivity contribution in [2.24, 2.45) is 13.0 Å². The summed E-state index contributed by atoms with van der Waals surface area (Å²) in [7, 11) is 1.99. The highest BCUT2D eigenvalue weighted by Gasteiger charge is 2.40. The molecule has 3 amide bonds. The van der Waals surface area contributed by atoms with Crippen LogP contribution in [0.4, 0.5) is 5.95 Å². The van der Waals surface area contributed by atoms with Crippen molar-refractivity contribution < 1.29 is 28.6 Å². The Kier molecular flexibility index (Phi) is 13.8. The molecule has 1 atom stereocenters. The van der Waals surface area contributed by atoms with Crippen LogP contribution in [-0.2, 0) is 50.4 Å². The largest absolute Gasteiger partial charge is 0.378 e. The van der Waals surface area contributed by atoms with Gasteiger partial charge < -0.3 is 35.1 Å². The molecular formula is C38H52ClN9O6S. The molecule has 2 saturated carbocycles. The first kappa shape index (κ1) is 39.7. The summed E-state index contributed by atoms with van der Waals surface area (Å²) < 4.78 is 19.0. The molecule has 3 fully saturated rings. The van der Waals surface area contributed by atoms with E-state index in [0.717, 1.165) is 66.3 Å². The van der Waals surface area contributed by atoms with Crippen LogP contribution in [0.1, 0.15) is 77.2 Å². The van der Waals surface area contributed by atoms with E-state index >= 15 is 0 Å². The molecule has 55 heavy (non-hydrogen) atoms. The van der Waals surface area contributed by atoms with Crippen molar-refractivity contribution in [3.63, 3.8) is 0 Å². The maximum atomic E-state index is 12.9. The molecular weight excluding hydrogens is 746 g/mol. The highest BCUT2D eigenvalue weighted by atomic mass is 35.5. The molecule has 298 valence electrons. The van der Waals surface area contributed by atoms with Crippen LogP contribution in [-0.4, -0.2) is 113 Å². The molecule has 4 N–H and O–H groups in total. The minimum absolute atomic E-state index is 0.131. The highest BCUT2D eigenvalue weighted by Crippen LogP contribution is 2.37. The summed E-state index contributed by atoms with van der Waals surface area (Å²) in [5.41, 5.74) is 3.88. The van der Waals surface area contributed by atoms with E-state index in [-0.39, 0.29) is 24.1 Å². The van der Waals surface area contributed by atoms with Crippen LogP contribution in [0.2, 0.25) is 5.02 Å². The maximum absolute atomic E-state index is 12.9. The van der Waals surface area contributed by atoms with Gasteiger partial charge in [0.1, 0.15) is 6.04 Å². The van der Waals surface area contributed by atoms with Crippen LogP contribution < -0.4 is 21.3 Å². The average Bonchev–Trinajstić information content (AvgIpc) is 3.69. The quantitative estimate of drug-likeness (QED) is 0.0915. The zero-order valence-electron chi connectivity index (χ0n) is 31.4. The number of piperidine rings is 1. The van der Waals surface area contributed by atoms with Crippen molar-refractivity contribution in [2.75, 3.05) is 58.0 Å². The van der Waals surface area contributed by atoms with Gasteiger partial charge in [-0.25, -0.2) is 9.97 Å². The van der Waals surface area contributed by atoms with Gasteiger partial charge in [0.25, 0.3) is 5.91 Å². The molecule has 0 aromatic carbocycles. The lowest BCUT2D eigenvalue weighted by molar-refractivity contribution is -0.136. The molecule has 4 aliphatic rings. The number of nitrogens with zero attached hydrogens (tertiary/aromatic N) is 5. The molecule has 2 aliphatic carbocycles. The van der Waals surface area contributed by atoms with Crippen LogP contribution in [0.5, 0.6) is 0 Å². The minimum atomic E-state index is -0.578. The van der Waals surface area contributed by atoms with Crippen molar-refractivity contribution in [2.45, 2.75) is 89.0 Å². The third-order valence-electron chi connectivity index (χ3n) is 10.7. The number of ether oxygens (including phenoxy) is 3. The Labute approximate surface area is 330 Å². The number of hydrogen-bond donors (Lipinski definition) is 4. The Morgan fingerprint density at radius 3 is 2.38 bits per heavy atom. The summed E-state index contributed by atoms with van der Waals surface area (Å²) in [6.07, 6.45) is 12.0. The predicted octanol–water partition coefficient (Wildman–Crippen LogP) is 3.46. The molecule has 15 nitrogen and oxygen atoms in total. The fraction of sp³-hybridized carbons (Fsp3) is 0.632. The number of fused-ring (bicyclic) bond motifs is 1. The first-order chi connectivity index (χ1) is 26.8. The lowest BCUT2D eigenvalue weighted by atomic mass is 9.91. The Hall–Kier alpha value is -3.51. The van der Waals surface area contributed by atoms with Crippen LogP contribution in [0.3, 0.4) is 0 Å². The third-order valence-corrected chi connectivity index (χ3v) is 12.1. The van der Waals surface area contributed by atoms with Crippen LogP contribution >= 0.6 is 22.9 Å². The van der Waals surface area contributed by atoms with E-state index in [4.69, 9.17) is 30.8 Å². The number of halogens is 1. The fourth-order valence-electron chi connectivity index (χ4n) is 7.47. The Morgan fingerprint density at radius 1 is 0.927 bits per heavy atom. The van der Waals surface area contributed by atoms with E-state index in [9.17, 15) is 14.4 Å². The molecule has 1 unspecified atom stereocenters. The van der Waals surface area contributed by atoms with E-state index in [1.165, 1.54) is 29.9 Å². The van der Waals surface area contributed by atoms with E-state index in [1.807, 2.05) is 24.0 Å². The van der Waals surface area contributed by atoms with Gasteiger partial charge in [-0.05, 0) is 68.9 Å². The van der Waals surface area contributed by atoms with Gasteiger partial charge in [0.2, 0.25) is 17.8 Å². The number of carbonyl (C=O) groups is 3. The number of thiophene rings is 1. The molecule has 17 heteroatoms. The molecule has 5 heterocycles. The second-order valence-electron chi connectivity index (χ2n) is 14.8. The number of nitrogens with one attached hydrogen (secondary N) is 4. The zero-order chi connectivity index (χ0) is 38.1. The van der Waals surface area contributed by atoms with E-state index in [0.29, 0.717) is 93.6 Å². The molecule has 1 saturated heterocycles. The first-order valence-corrected chi connectivity index (χ1v) is 20.8. The normalized spacial score (nSPS) is 21.3. The van der Waals surface area contributed by atoms with Gasteiger partial charge in [-0.2, -0.15) is 5.10 Å². The van der Waals surface area contributed by atoms with Crippen molar-refractivity contribution in [3.8, 4) is 11.3 Å². The summed E-state index contributed by atoms with van der Waals surface area (Å²) in [5, 5.41) is 17.9. The number of hydrogen-bond acceptors (Lipinski definition) is 13.